The first-order valence-corrected chi connectivity index (χ1v) is 6.55. The molecule has 1 aromatic rings. The van der Waals surface area contributed by atoms with Gasteiger partial charge in [0.1, 0.15) is 0 Å². The second kappa shape index (κ2) is 6.77. The van der Waals surface area contributed by atoms with Gasteiger partial charge in [0.2, 0.25) is 5.91 Å². The van der Waals surface area contributed by atoms with Gasteiger partial charge in [0, 0.05) is 23.5 Å². The van der Waals surface area contributed by atoms with Crippen LogP contribution in [0.2, 0.25) is 0 Å². The Labute approximate surface area is 111 Å². The molecule has 1 amide bonds. The zero-order valence-electron chi connectivity index (χ0n) is 10.3. The zero-order chi connectivity index (χ0) is 12.8. The summed E-state index contributed by atoms with van der Waals surface area (Å²) in [6.45, 7) is 4.52. The monoisotopic (exact) mass is 298 g/mol. The lowest BCUT2D eigenvalue weighted by Crippen LogP contribution is -2.25. The van der Waals surface area contributed by atoms with Crippen LogP contribution in [0, 0.1) is 6.92 Å². The van der Waals surface area contributed by atoms with Gasteiger partial charge in [-0.05, 0) is 43.5 Å². The summed E-state index contributed by atoms with van der Waals surface area (Å²) in [7, 11) is 0. The molecule has 0 bridgehead atoms. The molecule has 17 heavy (non-hydrogen) atoms. The molecule has 0 aliphatic rings. The summed E-state index contributed by atoms with van der Waals surface area (Å²) in [5.74, 6) is 0.0571. The molecule has 1 atom stereocenters. The molecule has 0 aliphatic carbocycles. The normalized spacial score (nSPS) is 12.2. The number of carbonyl (C=O) groups excluding carboxylic acids is 1. The van der Waals surface area contributed by atoms with Gasteiger partial charge >= 0.3 is 0 Å². The lowest BCUT2D eigenvalue weighted by Gasteiger charge is -2.09. The third-order valence-corrected chi connectivity index (χ3v) is 3.11. The molecular formula is C13H19BrN2O. The molecule has 0 fully saturated rings. The van der Waals surface area contributed by atoms with Crippen molar-refractivity contribution in [2.24, 2.45) is 5.73 Å². The predicted octanol–water partition coefficient (Wildman–Crippen LogP) is 2.50. The van der Waals surface area contributed by atoms with E-state index in [1.165, 1.54) is 5.56 Å². The summed E-state index contributed by atoms with van der Waals surface area (Å²) >= 11 is 3.42. The van der Waals surface area contributed by atoms with E-state index in [-0.39, 0.29) is 11.9 Å². The van der Waals surface area contributed by atoms with E-state index in [1.807, 2.05) is 32.0 Å². The van der Waals surface area contributed by atoms with E-state index in [2.05, 4.69) is 21.2 Å². The van der Waals surface area contributed by atoms with Gasteiger partial charge in [0.05, 0.1) is 0 Å². The number of benzene rings is 1. The molecule has 0 heterocycles. The van der Waals surface area contributed by atoms with Crippen molar-refractivity contribution in [1.82, 2.24) is 5.32 Å². The van der Waals surface area contributed by atoms with Gasteiger partial charge in [0.15, 0.2) is 0 Å². The van der Waals surface area contributed by atoms with Gasteiger partial charge in [-0.3, -0.25) is 4.79 Å². The Morgan fingerprint density at radius 1 is 1.53 bits per heavy atom. The highest BCUT2D eigenvalue weighted by molar-refractivity contribution is 9.10. The van der Waals surface area contributed by atoms with Crippen LogP contribution in [0.3, 0.4) is 0 Å². The lowest BCUT2D eigenvalue weighted by molar-refractivity contribution is -0.121. The first kappa shape index (κ1) is 14.2. The van der Waals surface area contributed by atoms with Gasteiger partial charge in [-0.1, -0.05) is 22.0 Å². The number of nitrogens with two attached hydrogens (primary N) is 1. The van der Waals surface area contributed by atoms with Crippen molar-refractivity contribution in [2.45, 2.75) is 39.3 Å². The van der Waals surface area contributed by atoms with Crippen molar-refractivity contribution in [2.75, 3.05) is 0 Å². The molecule has 4 heteroatoms. The molecule has 3 nitrogen and oxygen atoms in total. The largest absolute Gasteiger partial charge is 0.352 e. The van der Waals surface area contributed by atoms with Crippen LogP contribution in [0.4, 0.5) is 0 Å². The molecule has 0 saturated heterocycles. The third-order valence-electron chi connectivity index (χ3n) is 2.61. The van der Waals surface area contributed by atoms with E-state index >= 15 is 0 Å². The maximum Gasteiger partial charge on any atom is 0.220 e. The minimum atomic E-state index is 0.0571. The number of amides is 1. The van der Waals surface area contributed by atoms with Crippen molar-refractivity contribution in [1.29, 1.82) is 0 Å². The van der Waals surface area contributed by atoms with E-state index < -0.39 is 0 Å². The molecule has 1 aromatic carbocycles. The molecule has 1 rings (SSSR count). The molecule has 1 unspecified atom stereocenters. The van der Waals surface area contributed by atoms with Gasteiger partial charge in [-0.25, -0.2) is 0 Å². The van der Waals surface area contributed by atoms with E-state index in [1.54, 1.807) is 0 Å². The van der Waals surface area contributed by atoms with Crippen molar-refractivity contribution < 1.29 is 4.79 Å². The van der Waals surface area contributed by atoms with Crippen LogP contribution < -0.4 is 11.1 Å². The van der Waals surface area contributed by atoms with Crippen LogP contribution in [0.1, 0.15) is 30.9 Å². The van der Waals surface area contributed by atoms with E-state index in [9.17, 15) is 4.79 Å². The Kier molecular flexibility index (Phi) is 5.65. The number of aryl methyl sites for hydroxylation is 1. The molecule has 0 aromatic heterocycles. The van der Waals surface area contributed by atoms with E-state index in [0.717, 1.165) is 16.5 Å². The topological polar surface area (TPSA) is 55.1 Å². The Hall–Kier alpha value is -0.870. The second-order valence-electron chi connectivity index (χ2n) is 4.36. The van der Waals surface area contributed by atoms with Crippen molar-refractivity contribution in [3.8, 4) is 0 Å². The van der Waals surface area contributed by atoms with Crippen molar-refractivity contribution in [3.05, 3.63) is 33.8 Å². The summed E-state index contributed by atoms with van der Waals surface area (Å²) in [4.78, 5) is 11.5. The summed E-state index contributed by atoms with van der Waals surface area (Å²) < 4.78 is 1.03. The fourth-order valence-corrected chi connectivity index (χ4v) is 1.88. The number of rotatable bonds is 5. The van der Waals surface area contributed by atoms with Crippen molar-refractivity contribution >= 4 is 21.8 Å². The smallest absolute Gasteiger partial charge is 0.220 e. The maximum absolute atomic E-state index is 11.5. The number of carbonyl (C=O) groups is 1. The molecule has 3 N–H and O–H groups in total. The Balaban J connectivity index is 2.44. The highest BCUT2D eigenvalue weighted by Gasteiger charge is 2.05. The number of hydrogen-bond donors (Lipinski definition) is 2. The van der Waals surface area contributed by atoms with Gasteiger partial charge < -0.3 is 11.1 Å². The van der Waals surface area contributed by atoms with Gasteiger partial charge in [0.25, 0.3) is 0 Å². The van der Waals surface area contributed by atoms with Crippen molar-refractivity contribution in [3.63, 3.8) is 0 Å². The Morgan fingerprint density at radius 3 is 2.88 bits per heavy atom. The zero-order valence-corrected chi connectivity index (χ0v) is 11.9. The number of halogens is 1. The molecule has 0 aliphatic heterocycles. The van der Waals surface area contributed by atoms with Crippen LogP contribution in [0.25, 0.3) is 0 Å². The van der Waals surface area contributed by atoms with Gasteiger partial charge in [-0.15, -0.1) is 0 Å². The van der Waals surface area contributed by atoms with E-state index in [4.69, 9.17) is 5.73 Å². The average molecular weight is 299 g/mol. The number of hydrogen-bond acceptors (Lipinski definition) is 2. The molecule has 94 valence electrons. The van der Waals surface area contributed by atoms with Crippen LogP contribution in [-0.2, 0) is 11.3 Å². The first-order chi connectivity index (χ1) is 7.99. The number of nitrogens with one attached hydrogen (secondary N) is 1. The Bertz CT molecular complexity index is 391. The fourth-order valence-electron chi connectivity index (χ4n) is 1.47. The highest BCUT2D eigenvalue weighted by atomic mass is 79.9. The van der Waals surface area contributed by atoms with E-state index in [0.29, 0.717) is 13.0 Å². The lowest BCUT2D eigenvalue weighted by atomic mass is 10.1. The van der Waals surface area contributed by atoms with Gasteiger partial charge in [-0.2, -0.15) is 0 Å². The molecule has 0 radical (unpaired) electrons. The first-order valence-electron chi connectivity index (χ1n) is 5.76. The minimum absolute atomic E-state index is 0.0571. The summed E-state index contributed by atoms with van der Waals surface area (Å²) in [5.41, 5.74) is 7.92. The standard InChI is InChI=1S/C13H19BrN2O/c1-9-3-5-12(14)7-11(9)8-16-13(17)6-4-10(2)15/h3,5,7,10H,4,6,8,15H2,1-2H3,(H,16,17). The highest BCUT2D eigenvalue weighted by Crippen LogP contribution is 2.15. The fraction of sp³-hybridized carbons (Fsp3) is 0.462. The molecule has 0 spiro atoms. The quantitative estimate of drug-likeness (QED) is 0.877. The minimum Gasteiger partial charge on any atom is -0.352 e. The van der Waals surface area contributed by atoms with Crippen LogP contribution >= 0.6 is 15.9 Å². The molecule has 0 saturated carbocycles. The maximum atomic E-state index is 11.5. The predicted molar refractivity (Wildman–Crippen MR) is 73.6 cm³/mol. The van der Waals surface area contributed by atoms with Crippen LogP contribution in [0.15, 0.2) is 22.7 Å². The third kappa shape index (κ3) is 5.33. The molecular weight excluding hydrogens is 280 g/mol. The van der Waals surface area contributed by atoms with Crippen LogP contribution in [-0.4, -0.2) is 11.9 Å². The average Bonchev–Trinajstić information content (AvgIpc) is 2.27. The summed E-state index contributed by atoms with van der Waals surface area (Å²) in [6, 6.07) is 6.14. The Morgan fingerprint density at radius 2 is 2.24 bits per heavy atom. The SMILES string of the molecule is Cc1ccc(Br)cc1CNC(=O)CCC(C)N. The summed E-state index contributed by atoms with van der Waals surface area (Å²) in [5, 5.41) is 2.91. The second-order valence-corrected chi connectivity index (χ2v) is 5.28. The summed E-state index contributed by atoms with van der Waals surface area (Å²) in [6.07, 6.45) is 1.22. The van der Waals surface area contributed by atoms with Crippen LogP contribution in [0.5, 0.6) is 0 Å².